The summed E-state index contributed by atoms with van der Waals surface area (Å²) in [6.45, 7) is 13.7. The molecule has 0 spiro atoms. The summed E-state index contributed by atoms with van der Waals surface area (Å²) in [4.78, 5) is 22.1. The van der Waals surface area contributed by atoms with Gasteiger partial charge in [-0.05, 0) is 19.8 Å². The van der Waals surface area contributed by atoms with Crippen molar-refractivity contribution < 1.29 is 19.1 Å². The number of ether oxygens (including phenoxy) is 2. The number of carbonyl (C=O) groups excluding carboxylic acids is 2. The highest BCUT2D eigenvalue weighted by Crippen LogP contribution is 2.14. The first-order chi connectivity index (χ1) is 19.5. The molecule has 0 unspecified atom stereocenters. The molecule has 236 valence electrons. The van der Waals surface area contributed by atoms with E-state index in [1.54, 1.807) is 6.92 Å². The van der Waals surface area contributed by atoms with E-state index in [9.17, 15) is 9.59 Å². The van der Waals surface area contributed by atoms with Gasteiger partial charge in [0.2, 0.25) is 0 Å². The van der Waals surface area contributed by atoms with Gasteiger partial charge in [0.15, 0.2) is 0 Å². The third-order valence-corrected chi connectivity index (χ3v) is 7.28. The summed E-state index contributed by atoms with van der Waals surface area (Å²) in [5.41, 5.74) is 0.492. The van der Waals surface area contributed by atoms with E-state index in [-0.39, 0.29) is 11.9 Å². The van der Waals surface area contributed by atoms with Gasteiger partial charge in [0.25, 0.3) is 0 Å². The standard InChI is InChI=1S/C22H42O2.C14H26O2/c1-4-5-6-7-8-9-10-11-12-13-14-15-16-17-18-19-20-24-22(23)21(2)3;1-3-5-6-7-8-9-10-11-12-13-14(15)16-4-2/h2,4-20H2,1,3H3;4H,2-3,5-13H2,1H3. The van der Waals surface area contributed by atoms with E-state index in [4.69, 9.17) is 4.74 Å². The number of esters is 2. The van der Waals surface area contributed by atoms with Gasteiger partial charge in [-0.3, -0.25) is 4.79 Å². The van der Waals surface area contributed by atoms with Gasteiger partial charge in [0.05, 0.1) is 12.9 Å². The van der Waals surface area contributed by atoms with Crippen LogP contribution in [0.2, 0.25) is 0 Å². The van der Waals surface area contributed by atoms with Crippen molar-refractivity contribution in [3.63, 3.8) is 0 Å². The third-order valence-electron chi connectivity index (χ3n) is 7.28. The molecule has 4 heteroatoms. The van der Waals surface area contributed by atoms with Gasteiger partial charge in [0.1, 0.15) is 0 Å². The SMILES string of the molecule is C=C(C)C(=O)OCCCCCCCCCCCCCCCCCC.C=COC(=O)CCCCCCCCCCC. The molecule has 0 radical (unpaired) electrons. The molecule has 0 aromatic rings. The largest absolute Gasteiger partial charge is 0.462 e. The van der Waals surface area contributed by atoms with Gasteiger partial charge in [-0.2, -0.15) is 0 Å². The van der Waals surface area contributed by atoms with Crippen molar-refractivity contribution in [2.45, 2.75) is 188 Å². The first-order valence-corrected chi connectivity index (χ1v) is 17.1. The van der Waals surface area contributed by atoms with E-state index in [1.807, 2.05) is 0 Å². The molecule has 0 heterocycles. The molecule has 40 heavy (non-hydrogen) atoms. The maximum atomic E-state index is 11.2. The Morgan fingerprint density at radius 3 is 1.20 bits per heavy atom. The Morgan fingerprint density at radius 1 is 0.550 bits per heavy atom. The zero-order valence-electron chi connectivity index (χ0n) is 27.2. The molecule has 0 aliphatic rings. The van der Waals surface area contributed by atoms with Crippen molar-refractivity contribution in [2.24, 2.45) is 0 Å². The van der Waals surface area contributed by atoms with Gasteiger partial charge in [-0.1, -0.05) is 175 Å². The summed E-state index contributed by atoms with van der Waals surface area (Å²) in [6, 6.07) is 0. The Balaban J connectivity index is 0. The predicted octanol–water partition coefficient (Wildman–Crippen LogP) is 12.0. The molecule has 0 amide bonds. The Bertz CT molecular complexity index is 569. The molecular weight excluding hydrogens is 496 g/mol. The van der Waals surface area contributed by atoms with E-state index in [2.05, 4.69) is 31.7 Å². The summed E-state index contributed by atoms with van der Waals surface area (Å²) in [5.74, 6) is -0.408. The van der Waals surface area contributed by atoms with Crippen LogP contribution in [0.15, 0.2) is 25.0 Å². The molecule has 0 aromatic carbocycles. The minimum Gasteiger partial charge on any atom is -0.462 e. The van der Waals surface area contributed by atoms with E-state index < -0.39 is 0 Å². The fraction of sp³-hybridized carbons (Fsp3) is 0.833. The Labute approximate surface area is 250 Å². The molecule has 0 bridgehead atoms. The quantitative estimate of drug-likeness (QED) is 0.0392. The smallest absolute Gasteiger partial charge is 0.333 e. The summed E-state index contributed by atoms with van der Waals surface area (Å²) in [7, 11) is 0. The van der Waals surface area contributed by atoms with Gasteiger partial charge in [0, 0.05) is 12.0 Å². The van der Waals surface area contributed by atoms with Crippen LogP contribution < -0.4 is 0 Å². The number of carbonyl (C=O) groups is 2. The molecule has 0 aliphatic carbocycles. The molecule has 0 atom stereocenters. The molecule has 4 nitrogen and oxygen atoms in total. The average Bonchev–Trinajstić information content (AvgIpc) is 2.94. The highest BCUT2D eigenvalue weighted by molar-refractivity contribution is 5.86. The minimum atomic E-state index is -0.254. The zero-order chi connectivity index (χ0) is 29.9. The summed E-state index contributed by atoms with van der Waals surface area (Å²) < 4.78 is 9.72. The van der Waals surface area contributed by atoms with E-state index in [0.717, 1.165) is 19.3 Å². The molecule has 0 rings (SSSR count). The molecule has 0 saturated carbocycles. The number of hydrogen-bond donors (Lipinski definition) is 0. The number of rotatable bonds is 29. The lowest BCUT2D eigenvalue weighted by molar-refractivity contribution is -0.139. The Morgan fingerprint density at radius 2 is 0.875 bits per heavy atom. The molecule has 0 saturated heterocycles. The molecular formula is C36H68O4. The van der Waals surface area contributed by atoms with Crippen LogP contribution in [0.4, 0.5) is 0 Å². The molecule has 0 aromatic heterocycles. The fourth-order valence-corrected chi connectivity index (χ4v) is 4.67. The predicted molar refractivity (Wildman–Crippen MR) is 173 cm³/mol. The molecule has 0 fully saturated rings. The molecule has 0 aliphatic heterocycles. The van der Waals surface area contributed by atoms with Crippen molar-refractivity contribution in [3.05, 3.63) is 25.0 Å². The van der Waals surface area contributed by atoms with E-state index >= 15 is 0 Å². The van der Waals surface area contributed by atoms with Crippen molar-refractivity contribution in [3.8, 4) is 0 Å². The first kappa shape index (κ1) is 40.6. The normalized spacial score (nSPS) is 10.5. The number of hydrogen-bond acceptors (Lipinski definition) is 4. The van der Waals surface area contributed by atoms with Gasteiger partial charge in [-0.15, -0.1) is 0 Å². The molecule has 0 N–H and O–H groups in total. The second kappa shape index (κ2) is 35.4. The van der Waals surface area contributed by atoms with Crippen LogP contribution in [0, 0.1) is 0 Å². The van der Waals surface area contributed by atoms with Crippen LogP contribution in [0.1, 0.15) is 188 Å². The second-order valence-electron chi connectivity index (χ2n) is 11.5. The average molecular weight is 565 g/mol. The maximum absolute atomic E-state index is 11.2. The van der Waals surface area contributed by atoms with Crippen LogP contribution in [0.25, 0.3) is 0 Å². The maximum Gasteiger partial charge on any atom is 0.333 e. The van der Waals surface area contributed by atoms with Crippen LogP contribution in [-0.2, 0) is 19.1 Å². The summed E-state index contributed by atoms with van der Waals surface area (Å²) in [6.07, 6.45) is 34.9. The highest BCUT2D eigenvalue weighted by atomic mass is 16.5. The van der Waals surface area contributed by atoms with Crippen LogP contribution >= 0.6 is 0 Å². The van der Waals surface area contributed by atoms with E-state index in [1.165, 1.54) is 148 Å². The van der Waals surface area contributed by atoms with E-state index in [0.29, 0.717) is 18.6 Å². The van der Waals surface area contributed by atoms with Crippen LogP contribution in [-0.4, -0.2) is 18.5 Å². The lowest BCUT2D eigenvalue weighted by Gasteiger charge is -2.05. The van der Waals surface area contributed by atoms with Crippen molar-refractivity contribution >= 4 is 11.9 Å². The number of unbranched alkanes of at least 4 members (excludes halogenated alkanes) is 23. The van der Waals surface area contributed by atoms with Gasteiger partial charge < -0.3 is 9.47 Å². The first-order valence-electron chi connectivity index (χ1n) is 17.1. The van der Waals surface area contributed by atoms with Crippen molar-refractivity contribution in [2.75, 3.05) is 6.61 Å². The van der Waals surface area contributed by atoms with Crippen LogP contribution in [0.5, 0.6) is 0 Å². The Kier molecular flexibility index (Phi) is 35.9. The van der Waals surface area contributed by atoms with Crippen molar-refractivity contribution in [1.82, 2.24) is 0 Å². The Hall–Kier alpha value is -1.58. The lowest BCUT2D eigenvalue weighted by Crippen LogP contribution is -2.05. The zero-order valence-corrected chi connectivity index (χ0v) is 27.2. The third kappa shape index (κ3) is 36.4. The second-order valence-corrected chi connectivity index (χ2v) is 11.5. The monoisotopic (exact) mass is 565 g/mol. The summed E-state index contributed by atoms with van der Waals surface area (Å²) >= 11 is 0. The minimum absolute atomic E-state index is 0.155. The van der Waals surface area contributed by atoms with Gasteiger partial charge in [-0.25, -0.2) is 4.79 Å². The van der Waals surface area contributed by atoms with Crippen LogP contribution in [0.3, 0.4) is 0 Å². The summed E-state index contributed by atoms with van der Waals surface area (Å²) in [5, 5.41) is 0. The van der Waals surface area contributed by atoms with Gasteiger partial charge >= 0.3 is 11.9 Å². The fourth-order valence-electron chi connectivity index (χ4n) is 4.67. The highest BCUT2D eigenvalue weighted by Gasteiger charge is 2.02. The van der Waals surface area contributed by atoms with Crippen molar-refractivity contribution in [1.29, 1.82) is 0 Å². The topological polar surface area (TPSA) is 52.6 Å². The lowest BCUT2D eigenvalue weighted by atomic mass is 10.0.